The Morgan fingerprint density at radius 1 is 0.950 bits per heavy atom. The zero-order chi connectivity index (χ0) is 14.5. The molecule has 0 saturated heterocycles. The lowest BCUT2D eigenvalue weighted by Gasteiger charge is -2.11. The number of ketones is 1. The molecule has 0 radical (unpaired) electrons. The number of rotatable bonds is 4. The highest BCUT2D eigenvalue weighted by Crippen LogP contribution is 2.13. The van der Waals surface area contributed by atoms with Crippen molar-refractivity contribution in [1.29, 1.82) is 0 Å². The second-order valence-electron chi connectivity index (χ2n) is 5.05. The molecule has 2 rings (SSSR count). The van der Waals surface area contributed by atoms with Crippen LogP contribution in [-0.2, 0) is 0 Å². The first kappa shape index (κ1) is 14.1. The zero-order valence-electron chi connectivity index (χ0n) is 12.1. The van der Waals surface area contributed by atoms with Gasteiger partial charge >= 0.3 is 0 Å². The van der Waals surface area contributed by atoms with Crippen molar-refractivity contribution in [3.05, 3.63) is 71.3 Å². The maximum atomic E-state index is 12.0. The Morgan fingerprint density at radius 2 is 1.55 bits per heavy atom. The van der Waals surface area contributed by atoms with E-state index < -0.39 is 0 Å². The number of carbonyl (C=O) groups excluding carboxylic acids is 1. The molecule has 0 amide bonds. The third-order valence-corrected chi connectivity index (χ3v) is 3.17. The summed E-state index contributed by atoms with van der Waals surface area (Å²) in [6.07, 6.45) is 3.47. The number of carbonyl (C=O) groups is 1. The number of allylic oxidation sites excluding steroid dienone is 1. The molecule has 0 aromatic heterocycles. The summed E-state index contributed by atoms with van der Waals surface area (Å²) in [7, 11) is 4.01. The summed E-state index contributed by atoms with van der Waals surface area (Å²) in [4.78, 5) is 14.1. The molecule has 0 spiro atoms. The van der Waals surface area contributed by atoms with E-state index in [1.165, 1.54) is 0 Å². The molecule has 2 aromatic rings. The number of benzene rings is 2. The van der Waals surface area contributed by atoms with Gasteiger partial charge < -0.3 is 4.90 Å². The minimum atomic E-state index is 0.0293. The standard InChI is InChI=1S/C18H19NO/c1-14-4-9-16(10-5-14)18(20)13-8-15-6-11-17(12-7-15)19(2)3/h4-13H,1-3H3/b13-8+. The minimum Gasteiger partial charge on any atom is -0.378 e. The van der Waals surface area contributed by atoms with Gasteiger partial charge in [0, 0.05) is 25.3 Å². The Hall–Kier alpha value is -2.35. The van der Waals surface area contributed by atoms with Crippen LogP contribution in [0.15, 0.2) is 54.6 Å². The quantitative estimate of drug-likeness (QED) is 0.616. The van der Waals surface area contributed by atoms with Crippen LogP contribution in [0.2, 0.25) is 0 Å². The van der Waals surface area contributed by atoms with Crippen molar-refractivity contribution < 1.29 is 4.79 Å². The van der Waals surface area contributed by atoms with Gasteiger partial charge in [-0.15, -0.1) is 0 Å². The lowest BCUT2D eigenvalue weighted by molar-refractivity contribution is 0.104. The van der Waals surface area contributed by atoms with Crippen molar-refractivity contribution in [2.24, 2.45) is 0 Å². The Labute approximate surface area is 120 Å². The Morgan fingerprint density at radius 3 is 2.10 bits per heavy atom. The predicted octanol–water partition coefficient (Wildman–Crippen LogP) is 3.96. The van der Waals surface area contributed by atoms with Gasteiger partial charge in [0.05, 0.1) is 0 Å². The zero-order valence-corrected chi connectivity index (χ0v) is 12.1. The van der Waals surface area contributed by atoms with Gasteiger partial charge in [0.2, 0.25) is 0 Å². The summed E-state index contributed by atoms with van der Waals surface area (Å²) in [6, 6.07) is 15.7. The van der Waals surface area contributed by atoms with E-state index in [0.717, 1.165) is 22.4 Å². The molecule has 20 heavy (non-hydrogen) atoms. The van der Waals surface area contributed by atoms with E-state index >= 15 is 0 Å². The lowest BCUT2D eigenvalue weighted by atomic mass is 10.1. The average molecular weight is 265 g/mol. The smallest absolute Gasteiger partial charge is 0.185 e. The van der Waals surface area contributed by atoms with Gasteiger partial charge in [-0.05, 0) is 30.7 Å². The Bertz CT molecular complexity index is 607. The van der Waals surface area contributed by atoms with Crippen LogP contribution in [0.5, 0.6) is 0 Å². The summed E-state index contributed by atoms with van der Waals surface area (Å²) < 4.78 is 0. The highest BCUT2D eigenvalue weighted by Gasteiger charge is 2.00. The third-order valence-electron chi connectivity index (χ3n) is 3.17. The minimum absolute atomic E-state index is 0.0293. The van der Waals surface area contributed by atoms with E-state index in [-0.39, 0.29) is 5.78 Å². The summed E-state index contributed by atoms with van der Waals surface area (Å²) in [6.45, 7) is 2.01. The SMILES string of the molecule is Cc1ccc(C(=O)/C=C/c2ccc(N(C)C)cc2)cc1. The van der Waals surface area contributed by atoms with Crippen molar-refractivity contribution in [2.45, 2.75) is 6.92 Å². The van der Waals surface area contributed by atoms with Crippen LogP contribution in [-0.4, -0.2) is 19.9 Å². The molecule has 102 valence electrons. The molecule has 2 nitrogen and oxygen atoms in total. The first-order chi connectivity index (χ1) is 9.56. The fourth-order valence-electron chi connectivity index (χ4n) is 1.87. The maximum Gasteiger partial charge on any atom is 0.185 e. The number of hydrogen-bond donors (Lipinski definition) is 0. The molecule has 0 aliphatic carbocycles. The van der Waals surface area contributed by atoms with E-state index in [9.17, 15) is 4.79 Å². The number of anilines is 1. The van der Waals surface area contributed by atoms with Gasteiger partial charge in [-0.25, -0.2) is 0 Å². The van der Waals surface area contributed by atoms with E-state index in [0.29, 0.717) is 0 Å². The van der Waals surface area contributed by atoms with Crippen molar-refractivity contribution in [1.82, 2.24) is 0 Å². The highest BCUT2D eigenvalue weighted by atomic mass is 16.1. The summed E-state index contributed by atoms with van der Waals surface area (Å²) in [5, 5.41) is 0. The van der Waals surface area contributed by atoms with Gasteiger partial charge in [0.15, 0.2) is 5.78 Å². The second kappa shape index (κ2) is 6.20. The van der Waals surface area contributed by atoms with Gasteiger partial charge in [0.25, 0.3) is 0 Å². The molecule has 2 aromatic carbocycles. The first-order valence-electron chi connectivity index (χ1n) is 6.63. The summed E-state index contributed by atoms with van der Waals surface area (Å²) >= 11 is 0. The average Bonchev–Trinajstić information content (AvgIpc) is 2.46. The Balaban J connectivity index is 2.08. The van der Waals surface area contributed by atoms with Crippen molar-refractivity contribution >= 4 is 17.5 Å². The van der Waals surface area contributed by atoms with Crippen molar-refractivity contribution in [2.75, 3.05) is 19.0 Å². The van der Waals surface area contributed by atoms with Gasteiger partial charge in [0.1, 0.15) is 0 Å². The molecule has 0 bridgehead atoms. The van der Waals surface area contributed by atoms with Crippen LogP contribution in [0.1, 0.15) is 21.5 Å². The normalized spacial score (nSPS) is 10.8. The second-order valence-corrected chi connectivity index (χ2v) is 5.05. The highest BCUT2D eigenvalue weighted by molar-refractivity contribution is 6.06. The van der Waals surface area contributed by atoms with Crippen LogP contribution < -0.4 is 4.90 Å². The molecule has 0 fully saturated rings. The number of nitrogens with zero attached hydrogens (tertiary/aromatic N) is 1. The van der Waals surface area contributed by atoms with Gasteiger partial charge in [-0.3, -0.25) is 4.79 Å². The predicted molar refractivity (Wildman–Crippen MR) is 85.3 cm³/mol. The van der Waals surface area contributed by atoms with E-state index in [1.807, 2.05) is 80.5 Å². The third kappa shape index (κ3) is 3.58. The van der Waals surface area contributed by atoms with Crippen LogP contribution in [0.25, 0.3) is 6.08 Å². The molecule has 0 aliphatic rings. The van der Waals surface area contributed by atoms with Crippen LogP contribution >= 0.6 is 0 Å². The Kier molecular flexibility index (Phi) is 4.36. The molecule has 0 heterocycles. The van der Waals surface area contributed by atoms with Crippen LogP contribution in [0, 0.1) is 6.92 Å². The monoisotopic (exact) mass is 265 g/mol. The van der Waals surface area contributed by atoms with E-state index in [2.05, 4.69) is 0 Å². The molecule has 2 heteroatoms. The van der Waals surface area contributed by atoms with E-state index in [1.54, 1.807) is 6.08 Å². The largest absolute Gasteiger partial charge is 0.378 e. The van der Waals surface area contributed by atoms with E-state index in [4.69, 9.17) is 0 Å². The fraction of sp³-hybridized carbons (Fsp3) is 0.167. The van der Waals surface area contributed by atoms with Crippen LogP contribution in [0.3, 0.4) is 0 Å². The van der Waals surface area contributed by atoms with Crippen LogP contribution in [0.4, 0.5) is 5.69 Å². The molecule has 0 N–H and O–H groups in total. The topological polar surface area (TPSA) is 20.3 Å². The molecule has 0 aliphatic heterocycles. The van der Waals surface area contributed by atoms with Gasteiger partial charge in [-0.1, -0.05) is 48.0 Å². The maximum absolute atomic E-state index is 12.0. The molecule has 0 saturated carbocycles. The first-order valence-corrected chi connectivity index (χ1v) is 6.63. The molecular weight excluding hydrogens is 246 g/mol. The lowest BCUT2D eigenvalue weighted by Crippen LogP contribution is -2.07. The summed E-state index contributed by atoms with van der Waals surface area (Å²) in [5.74, 6) is 0.0293. The number of aryl methyl sites for hydroxylation is 1. The van der Waals surface area contributed by atoms with Gasteiger partial charge in [-0.2, -0.15) is 0 Å². The van der Waals surface area contributed by atoms with Crippen molar-refractivity contribution in [3.63, 3.8) is 0 Å². The molecule has 0 unspecified atom stereocenters. The fourth-order valence-corrected chi connectivity index (χ4v) is 1.87. The molecule has 0 atom stereocenters. The molecular formula is C18H19NO. The van der Waals surface area contributed by atoms with Crippen molar-refractivity contribution in [3.8, 4) is 0 Å². The summed E-state index contributed by atoms with van der Waals surface area (Å²) in [5.41, 5.74) is 4.05. The number of hydrogen-bond acceptors (Lipinski definition) is 2.